The summed E-state index contributed by atoms with van der Waals surface area (Å²) in [6, 6.07) is 1.24. The molecule has 0 aromatic heterocycles. The number of likely N-dealkylation sites (tertiary alicyclic amines) is 1. The minimum atomic E-state index is -1.25. The number of hydrogen-bond acceptors (Lipinski definition) is 6. The number of aliphatic hydroxyl groups is 2. The summed E-state index contributed by atoms with van der Waals surface area (Å²) in [6.45, 7) is -0.261. The van der Waals surface area contributed by atoms with E-state index in [1.54, 1.807) is 0 Å². The number of carbonyl (C=O) groups is 1. The Labute approximate surface area is 153 Å². The first kappa shape index (κ1) is 19.9. The van der Waals surface area contributed by atoms with Crippen LogP contribution in [-0.2, 0) is 16.1 Å². The van der Waals surface area contributed by atoms with Crippen molar-refractivity contribution < 1.29 is 37.7 Å². The van der Waals surface area contributed by atoms with Gasteiger partial charge in [-0.25, -0.2) is 18.0 Å². The molecule has 1 saturated carbocycles. The quantitative estimate of drug-likeness (QED) is 0.473. The Balaban J connectivity index is 1.37. The molecule has 1 aliphatic carbocycles. The highest BCUT2D eigenvalue weighted by molar-refractivity contribution is 5.69. The molecule has 2 aliphatic rings. The summed E-state index contributed by atoms with van der Waals surface area (Å²) in [6.07, 6.45) is -0.282. The average molecular weight is 390 g/mol. The number of benzene rings is 1. The first-order chi connectivity index (χ1) is 12.9. The molecule has 0 radical (unpaired) electrons. The van der Waals surface area contributed by atoms with Crippen LogP contribution < -0.4 is 5.32 Å². The standard InChI is InChI=1S/C17H21F3N2O5/c18-13-4-15(20)14(19)1-10(13)5-26-11-2-12(3-11)27-16(25)22-6-17(7-22,8-23)21-9-24/h1,4,11-12,21,23-24H,2-3,5-9H2/t11-,12+. The van der Waals surface area contributed by atoms with Gasteiger partial charge in [-0.15, -0.1) is 0 Å². The second-order valence-corrected chi connectivity index (χ2v) is 6.90. The number of nitrogens with one attached hydrogen (secondary N) is 1. The number of nitrogens with zero attached hydrogens (tertiary/aromatic N) is 1. The lowest BCUT2D eigenvalue weighted by atomic mass is 9.91. The van der Waals surface area contributed by atoms with E-state index in [0.29, 0.717) is 18.9 Å². The zero-order chi connectivity index (χ0) is 19.6. The molecule has 150 valence electrons. The molecule has 1 aromatic rings. The molecule has 0 unspecified atom stereocenters. The van der Waals surface area contributed by atoms with Gasteiger partial charge in [-0.2, -0.15) is 0 Å². The second kappa shape index (κ2) is 8.01. The Kier molecular flexibility index (Phi) is 5.89. The molecule has 1 saturated heterocycles. The maximum atomic E-state index is 13.5. The Bertz CT molecular complexity index is 693. The van der Waals surface area contributed by atoms with E-state index in [9.17, 15) is 23.1 Å². The van der Waals surface area contributed by atoms with Crippen LogP contribution in [0.3, 0.4) is 0 Å². The van der Waals surface area contributed by atoms with Gasteiger partial charge in [-0.1, -0.05) is 0 Å². The predicted molar refractivity (Wildman–Crippen MR) is 86.0 cm³/mol. The van der Waals surface area contributed by atoms with Crippen molar-refractivity contribution in [2.24, 2.45) is 0 Å². The van der Waals surface area contributed by atoms with E-state index in [2.05, 4.69) is 5.32 Å². The fourth-order valence-corrected chi connectivity index (χ4v) is 3.10. The van der Waals surface area contributed by atoms with Gasteiger partial charge in [-0.3, -0.25) is 5.32 Å². The van der Waals surface area contributed by atoms with Gasteiger partial charge in [0, 0.05) is 37.6 Å². The molecular formula is C17H21F3N2O5. The summed E-state index contributed by atoms with van der Waals surface area (Å²) < 4.78 is 50.3. The van der Waals surface area contributed by atoms with Gasteiger partial charge in [0.15, 0.2) is 11.6 Å². The molecule has 7 nitrogen and oxygen atoms in total. The third-order valence-electron chi connectivity index (χ3n) is 4.88. The molecule has 2 fully saturated rings. The molecule has 0 spiro atoms. The molecule has 10 heteroatoms. The zero-order valence-corrected chi connectivity index (χ0v) is 14.5. The molecule has 1 amide bonds. The van der Waals surface area contributed by atoms with E-state index in [4.69, 9.17) is 14.6 Å². The number of amides is 1. The highest BCUT2D eigenvalue weighted by Crippen LogP contribution is 2.30. The molecule has 1 heterocycles. The first-order valence-electron chi connectivity index (χ1n) is 8.53. The van der Waals surface area contributed by atoms with Crippen LogP contribution in [0.1, 0.15) is 18.4 Å². The van der Waals surface area contributed by atoms with Crippen LogP contribution in [0.4, 0.5) is 18.0 Å². The lowest BCUT2D eigenvalue weighted by Crippen LogP contribution is -2.72. The molecule has 0 atom stereocenters. The van der Waals surface area contributed by atoms with E-state index in [0.717, 1.165) is 6.07 Å². The Hall–Kier alpha value is -1.88. The summed E-state index contributed by atoms with van der Waals surface area (Å²) in [4.78, 5) is 13.4. The average Bonchev–Trinajstić information content (AvgIpc) is 2.56. The van der Waals surface area contributed by atoms with Crippen LogP contribution in [0.25, 0.3) is 0 Å². The smallest absolute Gasteiger partial charge is 0.410 e. The fourth-order valence-electron chi connectivity index (χ4n) is 3.10. The molecular weight excluding hydrogens is 369 g/mol. The van der Waals surface area contributed by atoms with Gasteiger partial charge in [0.25, 0.3) is 0 Å². The van der Waals surface area contributed by atoms with Crippen LogP contribution in [0.15, 0.2) is 12.1 Å². The first-order valence-corrected chi connectivity index (χ1v) is 8.53. The summed E-state index contributed by atoms with van der Waals surface area (Å²) in [7, 11) is 0. The van der Waals surface area contributed by atoms with E-state index < -0.39 is 29.1 Å². The van der Waals surface area contributed by atoms with Crippen LogP contribution >= 0.6 is 0 Å². The van der Waals surface area contributed by atoms with Gasteiger partial charge < -0.3 is 24.6 Å². The number of hydrogen-bond donors (Lipinski definition) is 3. The number of aliphatic hydroxyl groups excluding tert-OH is 2. The maximum Gasteiger partial charge on any atom is 0.410 e. The van der Waals surface area contributed by atoms with Crippen molar-refractivity contribution in [2.75, 3.05) is 26.4 Å². The molecule has 1 aromatic carbocycles. The Morgan fingerprint density at radius 3 is 2.44 bits per heavy atom. The fraction of sp³-hybridized carbons (Fsp3) is 0.588. The van der Waals surface area contributed by atoms with Crippen LogP contribution in [0.2, 0.25) is 0 Å². The highest BCUT2D eigenvalue weighted by Gasteiger charge is 2.46. The van der Waals surface area contributed by atoms with Gasteiger partial charge in [0.05, 0.1) is 31.6 Å². The topological polar surface area (TPSA) is 91.3 Å². The van der Waals surface area contributed by atoms with Crippen molar-refractivity contribution in [1.82, 2.24) is 10.2 Å². The number of carbonyl (C=O) groups excluding carboxylic acids is 1. The zero-order valence-electron chi connectivity index (χ0n) is 14.5. The van der Waals surface area contributed by atoms with Crippen molar-refractivity contribution in [3.8, 4) is 0 Å². The van der Waals surface area contributed by atoms with Gasteiger partial charge in [0.1, 0.15) is 11.9 Å². The monoisotopic (exact) mass is 390 g/mol. The number of halogens is 3. The minimum Gasteiger partial charge on any atom is -0.446 e. The van der Waals surface area contributed by atoms with E-state index in [1.165, 1.54) is 4.90 Å². The largest absolute Gasteiger partial charge is 0.446 e. The van der Waals surface area contributed by atoms with Crippen molar-refractivity contribution in [3.63, 3.8) is 0 Å². The van der Waals surface area contributed by atoms with Crippen LogP contribution in [-0.4, -0.2) is 65.4 Å². The number of rotatable bonds is 7. The Morgan fingerprint density at radius 2 is 1.81 bits per heavy atom. The van der Waals surface area contributed by atoms with Gasteiger partial charge in [0.2, 0.25) is 0 Å². The Morgan fingerprint density at radius 1 is 1.15 bits per heavy atom. The predicted octanol–water partition coefficient (Wildman–Crippen LogP) is 0.874. The molecule has 0 bridgehead atoms. The van der Waals surface area contributed by atoms with Gasteiger partial charge in [-0.05, 0) is 6.07 Å². The summed E-state index contributed by atoms with van der Waals surface area (Å²) >= 11 is 0. The van der Waals surface area contributed by atoms with E-state index in [-0.39, 0.29) is 50.8 Å². The van der Waals surface area contributed by atoms with Crippen molar-refractivity contribution in [2.45, 2.75) is 37.2 Å². The van der Waals surface area contributed by atoms with Crippen molar-refractivity contribution in [1.29, 1.82) is 0 Å². The summed E-state index contributed by atoms with van der Waals surface area (Å²) in [5.74, 6) is -3.27. The molecule has 1 aliphatic heterocycles. The molecule has 3 rings (SSSR count). The minimum absolute atomic E-state index is 0.0772. The van der Waals surface area contributed by atoms with Crippen LogP contribution in [0.5, 0.6) is 0 Å². The third kappa shape index (κ3) is 4.34. The van der Waals surface area contributed by atoms with Gasteiger partial charge >= 0.3 is 6.09 Å². The summed E-state index contributed by atoms with van der Waals surface area (Å²) in [5, 5.41) is 20.9. The van der Waals surface area contributed by atoms with Crippen molar-refractivity contribution >= 4 is 6.09 Å². The second-order valence-electron chi connectivity index (χ2n) is 6.90. The molecule has 27 heavy (non-hydrogen) atoms. The lowest BCUT2D eigenvalue weighted by Gasteiger charge is -2.49. The van der Waals surface area contributed by atoms with E-state index >= 15 is 0 Å². The van der Waals surface area contributed by atoms with Crippen molar-refractivity contribution in [3.05, 3.63) is 35.1 Å². The molecule has 3 N–H and O–H groups in total. The lowest BCUT2D eigenvalue weighted by molar-refractivity contribution is -0.0965. The summed E-state index contributed by atoms with van der Waals surface area (Å²) in [5.41, 5.74) is -0.778. The normalized spacial score (nSPS) is 23.5. The van der Waals surface area contributed by atoms with Crippen LogP contribution in [0, 0.1) is 17.5 Å². The third-order valence-corrected chi connectivity index (χ3v) is 4.88. The SMILES string of the molecule is O=C(O[C@H]1C[C@@H](OCc2cc(F)c(F)cc2F)C1)N1CC(CO)(NCO)C1. The maximum absolute atomic E-state index is 13.5. The van der Waals surface area contributed by atoms with E-state index in [1.807, 2.05) is 0 Å². The number of ether oxygens (including phenoxy) is 2. The highest BCUT2D eigenvalue weighted by atomic mass is 19.2.